The van der Waals surface area contributed by atoms with Gasteiger partial charge in [0.05, 0.1) is 12.2 Å². The lowest BCUT2D eigenvalue weighted by Gasteiger charge is -2.29. The highest BCUT2D eigenvalue weighted by Crippen LogP contribution is 2.43. The fourth-order valence-corrected chi connectivity index (χ4v) is 3.61. The zero-order valence-electron chi connectivity index (χ0n) is 19.0. The Labute approximate surface area is 183 Å². The van der Waals surface area contributed by atoms with Crippen LogP contribution >= 0.6 is 0 Å². The van der Waals surface area contributed by atoms with Gasteiger partial charge in [0, 0.05) is 31.5 Å². The first-order valence-corrected chi connectivity index (χ1v) is 11.2. The Bertz CT molecular complexity index is 1000. The van der Waals surface area contributed by atoms with Crippen LogP contribution in [0.3, 0.4) is 0 Å². The van der Waals surface area contributed by atoms with Crippen molar-refractivity contribution in [3.63, 3.8) is 0 Å². The number of benzene rings is 1. The molecule has 0 spiro atoms. The van der Waals surface area contributed by atoms with E-state index in [0.717, 1.165) is 44.0 Å². The predicted octanol–water partition coefficient (Wildman–Crippen LogP) is 5.17. The van der Waals surface area contributed by atoms with Crippen LogP contribution in [0.4, 0.5) is 0 Å². The number of rotatable bonds is 10. The SMILES string of the molecule is CCCCCN(C)C(=O)CCCCOc1cc2ccc(=O)oc2c2c1OC(C)(C)C=C2. The summed E-state index contributed by atoms with van der Waals surface area (Å²) >= 11 is 0. The minimum Gasteiger partial charge on any atom is -0.490 e. The predicted molar refractivity (Wildman–Crippen MR) is 123 cm³/mol. The van der Waals surface area contributed by atoms with E-state index in [2.05, 4.69) is 6.92 Å². The maximum atomic E-state index is 12.2. The van der Waals surface area contributed by atoms with Gasteiger partial charge in [-0.05, 0) is 57.4 Å². The molecule has 1 aromatic carbocycles. The van der Waals surface area contributed by atoms with Crippen molar-refractivity contribution in [3.8, 4) is 11.5 Å². The average molecular weight is 428 g/mol. The van der Waals surface area contributed by atoms with Crippen molar-refractivity contribution < 1.29 is 18.7 Å². The van der Waals surface area contributed by atoms with Crippen LogP contribution in [-0.4, -0.2) is 36.6 Å². The largest absolute Gasteiger partial charge is 0.490 e. The van der Waals surface area contributed by atoms with Gasteiger partial charge in [-0.1, -0.05) is 19.8 Å². The summed E-state index contributed by atoms with van der Waals surface area (Å²) in [6, 6.07) is 4.98. The van der Waals surface area contributed by atoms with Gasteiger partial charge in [0.15, 0.2) is 11.5 Å². The van der Waals surface area contributed by atoms with Crippen LogP contribution < -0.4 is 15.1 Å². The number of unbranched alkanes of at least 4 members (excludes halogenated alkanes) is 3. The van der Waals surface area contributed by atoms with Crippen molar-refractivity contribution in [1.29, 1.82) is 0 Å². The van der Waals surface area contributed by atoms with Gasteiger partial charge >= 0.3 is 5.63 Å². The van der Waals surface area contributed by atoms with E-state index in [1.807, 2.05) is 44.0 Å². The molecule has 31 heavy (non-hydrogen) atoms. The number of fused-ring (bicyclic) bond motifs is 3. The Morgan fingerprint density at radius 3 is 2.74 bits per heavy atom. The van der Waals surface area contributed by atoms with Crippen LogP contribution in [0.15, 0.2) is 33.5 Å². The molecular weight excluding hydrogens is 394 g/mol. The molecule has 0 N–H and O–H groups in total. The van der Waals surface area contributed by atoms with Crippen molar-refractivity contribution in [2.45, 2.75) is 64.9 Å². The van der Waals surface area contributed by atoms with Gasteiger partial charge in [-0.2, -0.15) is 0 Å². The van der Waals surface area contributed by atoms with Gasteiger partial charge in [-0.3, -0.25) is 4.79 Å². The highest BCUT2D eigenvalue weighted by Gasteiger charge is 2.27. The van der Waals surface area contributed by atoms with Gasteiger partial charge in [-0.25, -0.2) is 4.79 Å². The molecule has 0 aliphatic carbocycles. The van der Waals surface area contributed by atoms with Crippen molar-refractivity contribution in [1.82, 2.24) is 4.90 Å². The van der Waals surface area contributed by atoms with Crippen LogP contribution in [0.2, 0.25) is 0 Å². The first-order valence-electron chi connectivity index (χ1n) is 11.2. The van der Waals surface area contributed by atoms with Crippen molar-refractivity contribution >= 4 is 23.0 Å². The van der Waals surface area contributed by atoms with E-state index >= 15 is 0 Å². The third kappa shape index (κ3) is 5.90. The number of hydrogen-bond donors (Lipinski definition) is 0. The zero-order chi connectivity index (χ0) is 22.4. The van der Waals surface area contributed by atoms with Gasteiger partial charge < -0.3 is 18.8 Å². The molecule has 6 nitrogen and oxygen atoms in total. The van der Waals surface area contributed by atoms with E-state index in [1.165, 1.54) is 6.07 Å². The molecule has 1 aliphatic heterocycles. The number of hydrogen-bond acceptors (Lipinski definition) is 5. The van der Waals surface area contributed by atoms with E-state index in [0.29, 0.717) is 35.7 Å². The third-order valence-electron chi connectivity index (χ3n) is 5.45. The zero-order valence-corrected chi connectivity index (χ0v) is 19.0. The molecule has 0 atom stereocenters. The Morgan fingerprint density at radius 1 is 1.16 bits per heavy atom. The number of carbonyl (C=O) groups excluding carboxylic acids is 1. The highest BCUT2D eigenvalue weighted by molar-refractivity contribution is 5.91. The minimum atomic E-state index is -0.483. The van der Waals surface area contributed by atoms with Crippen molar-refractivity contribution in [2.75, 3.05) is 20.2 Å². The molecule has 0 saturated carbocycles. The molecule has 6 heteroatoms. The molecule has 2 aromatic rings. The average Bonchev–Trinajstić information content (AvgIpc) is 2.73. The summed E-state index contributed by atoms with van der Waals surface area (Å²) in [5.74, 6) is 1.39. The summed E-state index contributed by atoms with van der Waals surface area (Å²) in [7, 11) is 1.88. The van der Waals surface area contributed by atoms with Crippen LogP contribution in [0, 0.1) is 0 Å². The monoisotopic (exact) mass is 427 g/mol. The fraction of sp³-hybridized carbons (Fsp3) is 0.520. The molecule has 2 heterocycles. The summed E-state index contributed by atoms with van der Waals surface area (Å²) < 4.78 is 17.6. The molecule has 1 aromatic heterocycles. The third-order valence-corrected chi connectivity index (χ3v) is 5.45. The molecule has 0 radical (unpaired) electrons. The highest BCUT2D eigenvalue weighted by atomic mass is 16.5. The second-order valence-corrected chi connectivity index (χ2v) is 8.66. The maximum Gasteiger partial charge on any atom is 0.336 e. The van der Waals surface area contributed by atoms with E-state index in [-0.39, 0.29) is 5.91 Å². The van der Waals surface area contributed by atoms with Crippen molar-refractivity contribution in [2.24, 2.45) is 0 Å². The lowest BCUT2D eigenvalue weighted by molar-refractivity contribution is -0.130. The normalized spacial score (nSPS) is 14.2. The van der Waals surface area contributed by atoms with Gasteiger partial charge in [0.25, 0.3) is 0 Å². The first-order chi connectivity index (χ1) is 14.8. The quantitative estimate of drug-likeness (QED) is 0.386. The molecule has 1 amide bonds. The van der Waals surface area contributed by atoms with E-state index in [4.69, 9.17) is 13.9 Å². The minimum absolute atomic E-state index is 0.185. The van der Waals surface area contributed by atoms with Crippen molar-refractivity contribution in [3.05, 3.63) is 40.3 Å². The molecule has 0 bridgehead atoms. The smallest absolute Gasteiger partial charge is 0.336 e. The summed E-state index contributed by atoms with van der Waals surface area (Å²) in [6.07, 6.45) is 9.29. The van der Waals surface area contributed by atoms with Crippen LogP contribution in [0.1, 0.15) is 64.9 Å². The molecular formula is C25H33NO5. The lowest BCUT2D eigenvalue weighted by Crippen LogP contribution is -2.28. The molecule has 0 fully saturated rings. The van der Waals surface area contributed by atoms with E-state index < -0.39 is 11.2 Å². The number of amides is 1. The lowest BCUT2D eigenvalue weighted by atomic mass is 10.00. The van der Waals surface area contributed by atoms with E-state index in [9.17, 15) is 9.59 Å². The number of nitrogens with zero attached hydrogens (tertiary/aromatic N) is 1. The van der Waals surface area contributed by atoms with Crippen LogP contribution in [-0.2, 0) is 4.79 Å². The number of ether oxygens (including phenoxy) is 2. The Morgan fingerprint density at radius 2 is 1.97 bits per heavy atom. The summed E-state index contributed by atoms with van der Waals surface area (Å²) in [5.41, 5.74) is 0.334. The van der Waals surface area contributed by atoms with Crippen LogP contribution in [0.5, 0.6) is 11.5 Å². The number of carbonyl (C=O) groups is 1. The Hall–Kier alpha value is -2.76. The fourth-order valence-electron chi connectivity index (χ4n) is 3.61. The summed E-state index contributed by atoms with van der Waals surface area (Å²) in [4.78, 5) is 25.8. The maximum absolute atomic E-state index is 12.2. The molecule has 168 valence electrons. The molecule has 1 aliphatic rings. The van der Waals surface area contributed by atoms with Gasteiger partial charge in [-0.15, -0.1) is 0 Å². The topological polar surface area (TPSA) is 69.0 Å². The molecule has 0 unspecified atom stereocenters. The summed E-state index contributed by atoms with van der Waals surface area (Å²) in [5, 5.41) is 0.783. The van der Waals surface area contributed by atoms with Gasteiger partial charge in [0.2, 0.25) is 5.91 Å². The summed E-state index contributed by atoms with van der Waals surface area (Å²) in [6.45, 7) is 7.39. The molecule has 0 saturated heterocycles. The second-order valence-electron chi connectivity index (χ2n) is 8.66. The Balaban J connectivity index is 1.62. The van der Waals surface area contributed by atoms with E-state index in [1.54, 1.807) is 6.07 Å². The standard InChI is InChI=1S/C25H33NO5/c1-5-6-8-15-26(4)21(27)10-7-9-16-29-20-17-18-11-12-22(28)30-23(18)19-13-14-25(2,3)31-24(19)20/h11-14,17H,5-10,15-16H2,1-4H3. The van der Waals surface area contributed by atoms with Gasteiger partial charge in [0.1, 0.15) is 11.2 Å². The Kier molecular flexibility index (Phi) is 7.42. The van der Waals surface area contributed by atoms with Crippen LogP contribution in [0.25, 0.3) is 17.0 Å². The molecule has 3 rings (SSSR count). The first kappa shape index (κ1) is 22.9. The second kappa shape index (κ2) is 10.0.